The fraction of sp³-hybridized carbons (Fsp3) is 0.235. The fourth-order valence-electron chi connectivity index (χ4n) is 2.59. The summed E-state index contributed by atoms with van der Waals surface area (Å²) in [7, 11) is -4.20. The third-order valence-electron chi connectivity index (χ3n) is 4.10. The van der Waals surface area contributed by atoms with Crippen LogP contribution in [-0.2, 0) is 10.0 Å². The number of hydrogen-bond acceptors (Lipinski definition) is 4. The maximum Gasteiger partial charge on any atom is 0.255 e. The lowest BCUT2D eigenvalue weighted by Crippen LogP contribution is -2.46. The Morgan fingerprint density at radius 2 is 1.78 bits per heavy atom. The summed E-state index contributed by atoms with van der Waals surface area (Å²) >= 11 is 5.65. The molecule has 6 nitrogen and oxygen atoms in total. The Hall–Kier alpha value is -2.07. The number of hydrogen-bond donors (Lipinski definition) is 3. The van der Waals surface area contributed by atoms with Crippen LogP contribution in [0, 0.1) is 11.6 Å². The van der Waals surface area contributed by atoms with Crippen molar-refractivity contribution in [1.29, 1.82) is 0 Å². The van der Waals surface area contributed by atoms with Crippen molar-refractivity contribution < 1.29 is 27.1 Å². The molecule has 0 unspecified atom stereocenters. The molecule has 144 valence electrons. The van der Waals surface area contributed by atoms with Crippen LogP contribution in [0.3, 0.4) is 0 Å². The van der Waals surface area contributed by atoms with Gasteiger partial charge in [-0.2, -0.15) is 0 Å². The van der Waals surface area contributed by atoms with Crippen LogP contribution in [0.25, 0.3) is 0 Å². The molecule has 0 aromatic heterocycles. The highest BCUT2D eigenvalue weighted by molar-refractivity contribution is 7.89. The van der Waals surface area contributed by atoms with Crippen molar-refractivity contribution in [1.82, 2.24) is 4.72 Å². The third-order valence-corrected chi connectivity index (χ3v) is 5.92. The summed E-state index contributed by atoms with van der Waals surface area (Å²) in [6.07, 6.45) is -0.0965. The lowest BCUT2D eigenvalue weighted by molar-refractivity contribution is 0.0712. The highest BCUT2D eigenvalue weighted by atomic mass is 35.5. The van der Waals surface area contributed by atoms with Crippen LogP contribution in [0.15, 0.2) is 41.3 Å². The first kappa shape index (κ1) is 19.7. The van der Waals surface area contributed by atoms with Gasteiger partial charge in [0.15, 0.2) is 0 Å². The van der Waals surface area contributed by atoms with E-state index >= 15 is 0 Å². The zero-order valence-electron chi connectivity index (χ0n) is 13.7. The number of rotatable bonds is 5. The number of benzene rings is 2. The minimum Gasteiger partial charge on any atom is -0.393 e. The second-order valence-electron chi connectivity index (χ2n) is 6.17. The molecule has 3 N–H and O–H groups in total. The number of carbonyl (C=O) groups excluding carboxylic acids is 1. The Balaban J connectivity index is 1.81. The van der Waals surface area contributed by atoms with Gasteiger partial charge in [0.25, 0.3) is 5.91 Å². The number of carbonyl (C=O) groups is 1. The van der Waals surface area contributed by atoms with Crippen LogP contribution in [0.5, 0.6) is 0 Å². The van der Waals surface area contributed by atoms with Gasteiger partial charge in [0.1, 0.15) is 16.5 Å². The van der Waals surface area contributed by atoms with Crippen molar-refractivity contribution in [3.8, 4) is 0 Å². The molecule has 1 fully saturated rings. The first-order valence-electron chi connectivity index (χ1n) is 7.92. The highest BCUT2D eigenvalue weighted by Crippen LogP contribution is 2.24. The summed E-state index contributed by atoms with van der Waals surface area (Å²) in [6.45, 7) is 0. The standard InChI is InChI=1S/C17H15ClF2N2O4S/c18-13-8-10(2-4-14(13)19)21-17(24)9-1-3-15(20)16(5-9)27(25,26)22-11-6-12(23)7-11/h1-5,8,11-12,22-23H,6-7H2,(H,21,24). The summed E-state index contributed by atoms with van der Waals surface area (Å²) < 4.78 is 54.2. The molecular weight excluding hydrogens is 402 g/mol. The third kappa shape index (κ3) is 4.44. The van der Waals surface area contributed by atoms with E-state index in [2.05, 4.69) is 10.0 Å². The second-order valence-corrected chi connectivity index (χ2v) is 8.26. The van der Waals surface area contributed by atoms with E-state index in [1.165, 1.54) is 12.1 Å². The molecule has 2 aromatic carbocycles. The van der Waals surface area contributed by atoms with E-state index in [1.807, 2.05) is 0 Å². The van der Waals surface area contributed by atoms with Gasteiger partial charge in [-0.25, -0.2) is 21.9 Å². The van der Waals surface area contributed by atoms with Crippen LogP contribution in [0.1, 0.15) is 23.2 Å². The van der Waals surface area contributed by atoms with Crippen molar-refractivity contribution in [2.45, 2.75) is 29.9 Å². The summed E-state index contributed by atoms with van der Waals surface area (Å²) in [5.41, 5.74) is 0.0904. The van der Waals surface area contributed by atoms with Crippen molar-refractivity contribution >= 4 is 33.2 Å². The van der Waals surface area contributed by atoms with Crippen LogP contribution < -0.4 is 10.0 Å². The Labute approximate surface area is 159 Å². The van der Waals surface area contributed by atoms with Crippen molar-refractivity contribution in [3.63, 3.8) is 0 Å². The molecule has 0 atom stereocenters. The summed E-state index contributed by atoms with van der Waals surface area (Å²) in [4.78, 5) is 11.6. The van der Waals surface area contributed by atoms with Crippen LogP contribution >= 0.6 is 11.6 Å². The Morgan fingerprint density at radius 1 is 1.11 bits per heavy atom. The monoisotopic (exact) mass is 416 g/mol. The first-order chi connectivity index (χ1) is 12.7. The van der Waals surface area contributed by atoms with Gasteiger partial charge in [-0.05, 0) is 49.2 Å². The second kappa shape index (κ2) is 7.51. The maximum absolute atomic E-state index is 14.0. The Kier molecular flexibility index (Phi) is 5.48. The van der Waals surface area contributed by atoms with Crippen molar-refractivity contribution in [2.24, 2.45) is 0 Å². The lowest BCUT2D eigenvalue weighted by atomic mass is 9.91. The van der Waals surface area contributed by atoms with E-state index in [-0.39, 0.29) is 29.1 Å². The molecular formula is C17H15ClF2N2O4S. The van der Waals surface area contributed by atoms with Crippen LogP contribution in [-0.4, -0.2) is 31.6 Å². The van der Waals surface area contributed by atoms with Gasteiger partial charge in [-0.3, -0.25) is 4.79 Å². The molecule has 0 saturated heterocycles. The predicted octanol–water partition coefficient (Wildman–Crippen LogP) is 2.67. The Morgan fingerprint density at radius 3 is 2.41 bits per heavy atom. The maximum atomic E-state index is 14.0. The molecule has 1 aliphatic rings. The van der Waals surface area contributed by atoms with Crippen LogP contribution in [0.4, 0.5) is 14.5 Å². The molecule has 0 radical (unpaired) electrons. The van der Waals surface area contributed by atoms with Crippen LogP contribution in [0.2, 0.25) is 5.02 Å². The smallest absolute Gasteiger partial charge is 0.255 e. The molecule has 1 saturated carbocycles. The molecule has 10 heteroatoms. The zero-order valence-corrected chi connectivity index (χ0v) is 15.3. The summed E-state index contributed by atoms with van der Waals surface area (Å²) in [5, 5.41) is 11.5. The molecule has 0 spiro atoms. The summed E-state index contributed by atoms with van der Waals surface area (Å²) in [6, 6.07) is 5.97. The van der Waals surface area contributed by atoms with Gasteiger partial charge in [-0.15, -0.1) is 0 Å². The van der Waals surface area contributed by atoms with E-state index in [0.717, 1.165) is 24.3 Å². The molecule has 0 heterocycles. The minimum atomic E-state index is -4.20. The average Bonchev–Trinajstić information content (AvgIpc) is 2.56. The quantitative estimate of drug-likeness (QED) is 0.698. The van der Waals surface area contributed by atoms with Gasteiger partial charge >= 0.3 is 0 Å². The Bertz CT molecular complexity index is 994. The largest absolute Gasteiger partial charge is 0.393 e. The SMILES string of the molecule is O=C(Nc1ccc(F)c(Cl)c1)c1ccc(F)c(S(=O)(=O)NC2CC(O)C2)c1. The van der Waals surface area contributed by atoms with E-state index in [0.29, 0.717) is 0 Å². The van der Waals surface area contributed by atoms with Gasteiger partial charge in [-0.1, -0.05) is 11.6 Å². The van der Waals surface area contributed by atoms with Gasteiger partial charge in [0.05, 0.1) is 11.1 Å². The molecule has 0 bridgehead atoms. The normalized spacial score (nSPS) is 19.4. The summed E-state index contributed by atoms with van der Waals surface area (Å²) in [5.74, 6) is -2.38. The molecule has 2 aromatic rings. The van der Waals surface area contributed by atoms with Crippen molar-refractivity contribution in [3.05, 3.63) is 58.6 Å². The zero-order chi connectivity index (χ0) is 19.8. The van der Waals surface area contributed by atoms with E-state index in [9.17, 15) is 27.1 Å². The van der Waals surface area contributed by atoms with Crippen molar-refractivity contribution in [2.75, 3.05) is 5.32 Å². The molecule has 0 aliphatic heterocycles. The fourth-order valence-corrected chi connectivity index (χ4v) is 4.14. The number of halogens is 3. The highest BCUT2D eigenvalue weighted by Gasteiger charge is 2.32. The number of nitrogens with one attached hydrogen (secondary N) is 2. The average molecular weight is 417 g/mol. The molecule has 27 heavy (non-hydrogen) atoms. The topological polar surface area (TPSA) is 95.5 Å². The molecule has 3 rings (SSSR count). The number of sulfonamides is 1. The first-order valence-corrected chi connectivity index (χ1v) is 9.78. The number of aliphatic hydroxyl groups is 1. The van der Waals surface area contributed by atoms with Gasteiger partial charge in [0.2, 0.25) is 10.0 Å². The van der Waals surface area contributed by atoms with E-state index < -0.39 is 44.6 Å². The predicted molar refractivity (Wildman–Crippen MR) is 95.1 cm³/mol. The van der Waals surface area contributed by atoms with Gasteiger partial charge in [0, 0.05) is 17.3 Å². The molecule has 1 amide bonds. The lowest BCUT2D eigenvalue weighted by Gasteiger charge is -2.31. The van der Waals surface area contributed by atoms with E-state index in [4.69, 9.17) is 11.6 Å². The van der Waals surface area contributed by atoms with E-state index in [1.54, 1.807) is 0 Å². The van der Waals surface area contributed by atoms with Gasteiger partial charge < -0.3 is 10.4 Å². The molecule has 1 aliphatic carbocycles. The minimum absolute atomic E-state index is 0.106. The number of anilines is 1. The number of aliphatic hydroxyl groups excluding tert-OH is 1. The number of amides is 1.